The monoisotopic (exact) mass is 455 g/mol. The molecule has 4 bridgehead atoms. The number of hydrogen-bond donors (Lipinski definition) is 1. The molecule has 1 N–H and O–H groups in total. The van der Waals surface area contributed by atoms with Gasteiger partial charge >= 0.3 is 0 Å². The van der Waals surface area contributed by atoms with Crippen molar-refractivity contribution in [1.29, 1.82) is 0 Å². The van der Waals surface area contributed by atoms with Gasteiger partial charge in [0, 0.05) is 22.7 Å². The first-order valence-corrected chi connectivity index (χ1v) is 13.5. The Morgan fingerprint density at radius 2 is 1.87 bits per heavy atom. The van der Waals surface area contributed by atoms with Crippen molar-refractivity contribution in [2.75, 3.05) is 17.7 Å². The lowest BCUT2D eigenvalue weighted by molar-refractivity contribution is -0.00555. The van der Waals surface area contributed by atoms with Crippen molar-refractivity contribution in [3.63, 3.8) is 0 Å². The average molecular weight is 456 g/mol. The van der Waals surface area contributed by atoms with Crippen molar-refractivity contribution in [2.24, 2.45) is 17.8 Å². The fourth-order valence-corrected chi connectivity index (χ4v) is 8.84. The molecule has 5 aliphatic rings. The van der Waals surface area contributed by atoms with Crippen molar-refractivity contribution >= 4 is 34.1 Å². The predicted molar refractivity (Wildman–Crippen MR) is 124 cm³/mol. The second-order valence-corrected chi connectivity index (χ2v) is 12.0. The Bertz CT molecular complexity index is 934. The van der Waals surface area contributed by atoms with Crippen molar-refractivity contribution in [3.05, 3.63) is 34.8 Å². The van der Waals surface area contributed by atoms with E-state index in [1.165, 1.54) is 38.5 Å². The number of amides is 1. The zero-order valence-electron chi connectivity index (χ0n) is 17.7. The number of anilines is 1. The summed E-state index contributed by atoms with van der Waals surface area (Å²) in [5.41, 5.74) is 0.932. The molecule has 4 saturated carbocycles. The second-order valence-electron chi connectivity index (χ2n) is 10.0. The number of benzene rings is 1. The maximum absolute atomic E-state index is 13.1. The fraction of sp³-hybridized carbons (Fsp3) is 0.625. The number of nitrogens with zero attached hydrogens (tertiary/aromatic N) is 2. The summed E-state index contributed by atoms with van der Waals surface area (Å²) in [6.07, 6.45) is 10.6. The summed E-state index contributed by atoms with van der Waals surface area (Å²) < 4.78 is 5.74. The Hall–Kier alpha value is -1.44. The van der Waals surface area contributed by atoms with E-state index < -0.39 is 0 Å². The van der Waals surface area contributed by atoms with E-state index >= 15 is 0 Å². The number of ether oxygens (including phenoxy) is 1. The molecule has 1 atom stereocenters. The second kappa shape index (κ2) is 8.16. The number of aromatic nitrogens is 2. The van der Waals surface area contributed by atoms with Gasteiger partial charge in [0.2, 0.25) is 5.13 Å². The third-order valence-electron chi connectivity index (χ3n) is 7.72. The lowest BCUT2D eigenvalue weighted by atomic mass is 9.50. The van der Waals surface area contributed by atoms with Gasteiger partial charge in [-0.25, -0.2) is 0 Å². The minimum Gasteiger partial charge on any atom is -0.377 e. The first kappa shape index (κ1) is 20.2. The molecule has 31 heavy (non-hydrogen) atoms. The van der Waals surface area contributed by atoms with Gasteiger partial charge in [-0.2, -0.15) is 0 Å². The van der Waals surface area contributed by atoms with E-state index in [4.69, 9.17) is 4.74 Å². The van der Waals surface area contributed by atoms with Gasteiger partial charge in [-0.1, -0.05) is 23.5 Å². The van der Waals surface area contributed by atoms with Crippen LogP contribution >= 0.6 is 23.1 Å². The van der Waals surface area contributed by atoms with Crippen molar-refractivity contribution in [2.45, 2.75) is 67.8 Å². The highest BCUT2D eigenvalue weighted by atomic mass is 32.2. The normalized spacial score (nSPS) is 33.7. The van der Waals surface area contributed by atoms with Crippen LogP contribution in [0.5, 0.6) is 0 Å². The molecule has 1 saturated heterocycles. The molecular weight excluding hydrogens is 426 g/mol. The van der Waals surface area contributed by atoms with Crippen LogP contribution in [0, 0.1) is 17.8 Å². The number of thioether (sulfide) groups is 1. The van der Waals surface area contributed by atoms with Gasteiger partial charge < -0.3 is 4.74 Å². The minimum atomic E-state index is -0.0938. The zero-order valence-corrected chi connectivity index (χ0v) is 19.4. The van der Waals surface area contributed by atoms with E-state index in [1.807, 2.05) is 24.3 Å². The van der Waals surface area contributed by atoms with E-state index in [0.717, 1.165) is 52.9 Å². The summed E-state index contributed by atoms with van der Waals surface area (Å²) in [7, 11) is 0. The Labute approximate surface area is 191 Å². The Morgan fingerprint density at radius 1 is 1.13 bits per heavy atom. The molecule has 4 aliphatic carbocycles. The Morgan fingerprint density at radius 3 is 2.58 bits per heavy atom. The van der Waals surface area contributed by atoms with Gasteiger partial charge in [-0.05, 0) is 81.3 Å². The summed E-state index contributed by atoms with van der Waals surface area (Å²) in [6.45, 7) is 0.858. The Balaban J connectivity index is 1.16. The lowest BCUT2D eigenvalue weighted by Gasteiger charge is -2.55. The maximum atomic E-state index is 13.1. The van der Waals surface area contributed by atoms with Crippen molar-refractivity contribution in [1.82, 2.24) is 10.2 Å². The van der Waals surface area contributed by atoms with E-state index in [1.54, 1.807) is 23.1 Å². The highest BCUT2D eigenvalue weighted by Gasteiger charge is 2.53. The number of rotatable bonds is 6. The largest absolute Gasteiger partial charge is 0.377 e. The van der Waals surface area contributed by atoms with Gasteiger partial charge in [-0.3, -0.25) is 10.1 Å². The molecule has 2 heterocycles. The standard InChI is InChI=1S/C24H29N3O2S2/c28-21(19-5-1-2-6-20(19)30-14-18-4-3-7-29-18)25-23-27-26-22(31-23)24-11-15-8-16(12-24)10-17(9-15)13-24/h1-2,5-6,15-18H,3-4,7-14H2,(H,25,27,28). The highest BCUT2D eigenvalue weighted by Crippen LogP contribution is 2.61. The van der Waals surface area contributed by atoms with Crippen LogP contribution in [0.2, 0.25) is 0 Å². The average Bonchev–Trinajstić information content (AvgIpc) is 3.44. The van der Waals surface area contributed by atoms with Crippen LogP contribution in [0.1, 0.15) is 66.7 Å². The van der Waals surface area contributed by atoms with E-state index in [0.29, 0.717) is 16.8 Å². The third kappa shape index (κ3) is 3.93. The first-order valence-electron chi connectivity index (χ1n) is 11.7. The summed E-state index contributed by atoms with van der Waals surface area (Å²) in [6, 6.07) is 7.83. The molecular formula is C24H29N3O2S2. The van der Waals surface area contributed by atoms with Crippen molar-refractivity contribution in [3.8, 4) is 0 Å². The van der Waals surface area contributed by atoms with Gasteiger partial charge in [-0.15, -0.1) is 22.0 Å². The molecule has 1 amide bonds. The number of nitrogens with one attached hydrogen (secondary N) is 1. The van der Waals surface area contributed by atoms with Crippen molar-refractivity contribution < 1.29 is 9.53 Å². The molecule has 164 valence electrons. The number of carbonyl (C=O) groups is 1. The highest BCUT2D eigenvalue weighted by molar-refractivity contribution is 7.99. The van der Waals surface area contributed by atoms with Crippen LogP contribution in [0.3, 0.4) is 0 Å². The molecule has 7 heteroatoms. The van der Waals surface area contributed by atoms with Crippen LogP contribution < -0.4 is 5.32 Å². The number of carbonyl (C=O) groups excluding carboxylic acids is 1. The molecule has 5 fully saturated rings. The SMILES string of the molecule is O=C(Nc1nnc(C23CC4CC(CC(C4)C2)C3)s1)c1ccccc1SCC1CCCO1. The molecule has 1 aromatic carbocycles. The van der Waals surface area contributed by atoms with Gasteiger partial charge in [0.25, 0.3) is 5.91 Å². The smallest absolute Gasteiger partial charge is 0.258 e. The van der Waals surface area contributed by atoms with Crippen LogP contribution in [0.25, 0.3) is 0 Å². The summed E-state index contributed by atoms with van der Waals surface area (Å²) in [4.78, 5) is 14.1. The quantitative estimate of drug-likeness (QED) is 0.580. The molecule has 1 aliphatic heterocycles. The van der Waals surface area contributed by atoms with Crippen LogP contribution in [-0.2, 0) is 10.2 Å². The van der Waals surface area contributed by atoms with Gasteiger partial charge in [0.15, 0.2) is 0 Å². The van der Waals surface area contributed by atoms with E-state index in [-0.39, 0.29) is 11.3 Å². The van der Waals surface area contributed by atoms with E-state index in [2.05, 4.69) is 15.5 Å². The predicted octanol–water partition coefficient (Wildman–Crippen LogP) is 5.53. The number of hydrogen-bond acceptors (Lipinski definition) is 6. The first-order chi connectivity index (χ1) is 15.2. The zero-order chi connectivity index (χ0) is 20.8. The topological polar surface area (TPSA) is 64.1 Å². The van der Waals surface area contributed by atoms with Gasteiger partial charge in [0.1, 0.15) is 5.01 Å². The summed E-state index contributed by atoms with van der Waals surface area (Å²) >= 11 is 3.31. The molecule has 1 aromatic heterocycles. The molecule has 7 rings (SSSR count). The maximum Gasteiger partial charge on any atom is 0.258 e. The van der Waals surface area contributed by atoms with Crippen LogP contribution in [-0.4, -0.2) is 34.6 Å². The fourth-order valence-electron chi connectivity index (χ4n) is 6.76. The van der Waals surface area contributed by atoms with E-state index in [9.17, 15) is 4.79 Å². The van der Waals surface area contributed by atoms with Crippen LogP contribution in [0.4, 0.5) is 5.13 Å². The molecule has 5 nitrogen and oxygen atoms in total. The molecule has 2 aromatic rings. The summed E-state index contributed by atoms with van der Waals surface area (Å²) in [5, 5.41) is 13.8. The van der Waals surface area contributed by atoms with Gasteiger partial charge in [0.05, 0.1) is 11.7 Å². The lowest BCUT2D eigenvalue weighted by Crippen LogP contribution is -2.48. The van der Waals surface area contributed by atoms with Crippen LogP contribution in [0.15, 0.2) is 29.2 Å². The summed E-state index contributed by atoms with van der Waals surface area (Å²) in [5.74, 6) is 3.42. The molecule has 0 radical (unpaired) electrons. The third-order valence-corrected chi connectivity index (χ3v) is 10.0. The molecule has 0 spiro atoms. The minimum absolute atomic E-state index is 0.0938. The Kier molecular flexibility index (Phi) is 5.31. The molecule has 1 unspecified atom stereocenters.